The van der Waals surface area contributed by atoms with Gasteiger partial charge in [-0.05, 0) is 86.5 Å². The largest absolute Gasteiger partial charge is 0.396 e. The van der Waals surface area contributed by atoms with E-state index in [0.717, 1.165) is 35.9 Å². The lowest BCUT2D eigenvalue weighted by molar-refractivity contribution is -0.104. The van der Waals surface area contributed by atoms with Gasteiger partial charge in [0, 0.05) is 19.1 Å². The minimum absolute atomic E-state index is 0.132. The second-order valence-corrected chi connectivity index (χ2v) is 12.5. The normalized spacial score (nSPS) is 31.5. The molecule has 0 aromatic heterocycles. The van der Waals surface area contributed by atoms with Gasteiger partial charge in [-0.25, -0.2) is 0 Å². The minimum atomic E-state index is 0.132. The number of carbonyl (C=O) groups is 1. The standard InChI is InChI=1S/C28H52O2.C4H6O/c1-2-3-4-5-22-8-14-25(15-9-22)26-16-10-23(11-17-26)6-7-24-12-18-27(19-13-24)28(20-29)21-30;1-4(2)3-5/h22-30H,2-21H2,1H3;3H,1H2,2H3. The van der Waals surface area contributed by atoms with E-state index in [1.54, 1.807) is 6.92 Å². The molecular weight excluding hydrogens is 432 g/mol. The van der Waals surface area contributed by atoms with Gasteiger partial charge in [0.15, 0.2) is 0 Å². The van der Waals surface area contributed by atoms with E-state index in [4.69, 9.17) is 0 Å². The number of carbonyl (C=O) groups excluding carboxylic acids is 1. The fourth-order valence-electron chi connectivity index (χ4n) is 7.36. The van der Waals surface area contributed by atoms with Crippen LogP contribution in [0.5, 0.6) is 0 Å². The van der Waals surface area contributed by atoms with Crippen LogP contribution in [0.4, 0.5) is 0 Å². The molecule has 35 heavy (non-hydrogen) atoms. The molecule has 2 N–H and O–H groups in total. The molecule has 3 nitrogen and oxygen atoms in total. The van der Waals surface area contributed by atoms with Crippen molar-refractivity contribution in [1.29, 1.82) is 0 Å². The Hall–Kier alpha value is -0.670. The van der Waals surface area contributed by atoms with Gasteiger partial charge in [0.05, 0.1) is 0 Å². The maximum atomic E-state index is 9.43. The number of unbranched alkanes of at least 4 members (excludes halogenated alkanes) is 2. The van der Waals surface area contributed by atoms with Crippen molar-refractivity contribution in [2.24, 2.45) is 41.4 Å². The fraction of sp³-hybridized carbons (Fsp3) is 0.906. The van der Waals surface area contributed by atoms with Gasteiger partial charge >= 0.3 is 0 Å². The Kier molecular flexibility index (Phi) is 15.5. The van der Waals surface area contributed by atoms with Gasteiger partial charge in [0.25, 0.3) is 0 Å². The van der Waals surface area contributed by atoms with Crippen LogP contribution in [-0.4, -0.2) is 29.7 Å². The molecule has 0 atom stereocenters. The van der Waals surface area contributed by atoms with Gasteiger partial charge in [-0.3, -0.25) is 4.79 Å². The maximum Gasteiger partial charge on any atom is 0.145 e. The zero-order valence-electron chi connectivity index (χ0n) is 23.3. The molecule has 0 aromatic carbocycles. The van der Waals surface area contributed by atoms with Crippen molar-refractivity contribution < 1.29 is 15.0 Å². The highest BCUT2D eigenvalue weighted by molar-refractivity contribution is 5.70. The van der Waals surface area contributed by atoms with Crippen molar-refractivity contribution in [3.63, 3.8) is 0 Å². The molecule has 0 heterocycles. The Labute approximate surface area is 217 Å². The first-order valence-electron chi connectivity index (χ1n) is 15.3. The van der Waals surface area contributed by atoms with E-state index >= 15 is 0 Å². The molecular formula is C32H58O3. The Balaban J connectivity index is 0.000000784. The molecule has 3 heteroatoms. The van der Waals surface area contributed by atoms with E-state index in [9.17, 15) is 15.0 Å². The summed E-state index contributed by atoms with van der Waals surface area (Å²) in [5.41, 5.74) is 0.574. The number of aliphatic hydroxyl groups excluding tert-OH is 2. The van der Waals surface area contributed by atoms with Crippen LogP contribution < -0.4 is 0 Å². The lowest BCUT2D eigenvalue weighted by Crippen LogP contribution is -2.27. The average molecular weight is 491 g/mol. The third-order valence-corrected chi connectivity index (χ3v) is 9.88. The van der Waals surface area contributed by atoms with Crippen molar-refractivity contribution in [2.75, 3.05) is 13.2 Å². The number of hydrogen-bond acceptors (Lipinski definition) is 3. The Morgan fingerprint density at radius 3 is 1.51 bits per heavy atom. The predicted molar refractivity (Wildman–Crippen MR) is 148 cm³/mol. The monoisotopic (exact) mass is 490 g/mol. The third kappa shape index (κ3) is 11.5. The Morgan fingerprint density at radius 2 is 1.14 bits per heavy atom. The third-order valence-electron chi connectivity index (χ3n) is 9.88. The molecule has 3 aliphatic carbocycles. The summed E-state index contributed by atoms with van der Waals surface area (Å²) in [4.78, 5) is 9.41. The summed E-state index contributed by atoms with van der Waals surface area (Å²) in [5, 5.41) is 18.9. The molecule has 3 fully saturated rings. The summed E-state index contributed by atoms with van der Waals surface area (Å²) in [6, 6.07) is 0. The summed E-state index contributed by atoms with van der Waals surface area (Å²) in [7, 11) is 0. The van der Waals surface area contributed by atoms with Crippen LogP contribution in [0.15, 0.2) is 12.2 Å². The van der Waals surface area contributed by atoms with Crippen molar-refractivity contribution >= 4 is 6.29 Å². The predicted octanol–water partition coefficient (Wildman–Crippen LogP) is 8.13. The molecule has 3 saturated carbocycles. The topological polar surface area (TPSA) is 57.5 Å². The first-order valence-corrected chi connectivity index (χ1v) is 15.3. The summed E-state index contributed by atoms with van der Waals surface area (Å²) in [6.07, 6.45) is 26.7. The minimum Gasteiger partial charge on any atom is -0.396 e. The maximum absolute atomic E-state index is 9.43. The molecule has 0 aliphatic heterocycles. The Bertz CT molecular complexity index is 545. The highest BCUT2D eigenvalue weighted by Gasteiger charge is 2.31. The van der Waals surface area contributed by atoms with E-state index < -0.39 is 0 Å². The quantitative estimate of drug-likeness (QED) is 0.165. The van der Waals surface area contributed by atoms with Crippen LogP contribution >= 0.6 is 0 Å². The van der Waals surface area contributed by atoms with Gasteiger partial charge in [-0.2, -0.15) is 0 Å². The summed E-state index contributed by atoms with van der Waals surface area (Å²) >= 11 is 0. The van der Waals surface area contributed by atoms with Gasteiger partial charge in [-0.1, -0.05) is 90.6 Å². The zero-order valence-corrected chi connectivity index (χ0v) is 23.3. The van der Waals surface area contributed by atoms with E-state index in [-0.39, 0.29) is 19.1 Å². The van der Waals surface area contributed by atoms with E-state index in [1.807, 2.05) is 0 Å². The molecule has 0 unspecified atom stereocenters. The molecule has 3 aliphatic rings. The van der Waals surface area contributed by atoms with Crippen LogP contribution in [0, 0.1) is 41.4 Å². The Morgan fingerprint density at radius 1 is 0.743 bits per heavy atom. The fourth-order valence-corrected chi connectivity index (χ4v) is 7.36. The molecule has 0 aromatic rings. The summed E-state index contributed by atoms with van der Waals surface area (Å²) in [6.45, 7) is 7.61. The van der Waals surface area contributed by atoms with Crippen molar-refractivity contribution in [3.05, 3.63) is 12.2 Å². The number of aliphatic hydroxyl groups is 2. The zero-order chi connectivity index (χ0) is 25.5. The molecule has 0 spiro atoms. The van der Waals surface area contributed by atoms with Crippen LogP contribution in [0.2, 0.25) is 0 Å². The molecule has 0 radical (unpaired) electrons. The van der Waals surface area contributed by atoms with Crippen molar-refractivity contribution in [3.8, 4) is 0 Å². The van der Waals surface area contributed by atoms with Crippen molar-refractivity contribution in [1.82, 2.24) is 0 Å². The number of aldehydes is 1. The van der Waals surface area contributed by atoms with Crippen molar-refractivity contribution in [2.45, 2.75) is 129 Å². The number of rotatable bonds is 12. The second-order valence-electron chi connectivity index (χ2n) is 12.5. The van der Waals surface area contributed by atoms with Gasteiger partial charge < -0.3 is 10.2 Å². The SMILES string of the molecule is C=C(C)C=O.CCCCCC1CCC(C2CCC(CCC3CCC(C(CO)CO)CC3)CC2)CC1. The molecule has 204 valence electrons. The molecule has 0 saturated heterocycles. The van der Waals surface area contributed by atoms with Gasteiger partial charge in [0.1, 0.15) is 6.29 Å². The van der Waals surface area contributed by atoms with Crippen LogP contribution in [0.25, 0.3) is 0 Å². The molecule has 0 amide bonds. The first kappa shape index (κ1) is 30.6. The van der Waals surface area contributed by atoms with Gasteiger partial charge in [0.2, 0.25) is 0 Å². The highest BCUT2D eigenvalue weighted by atomic mass is 16.3. The highest BCUT2D eigenvalue weighted by Crippen LogP contribution is 2.44. The lowest BCUT2D eigenvalue weighted by Gasteiger charge is -2.38. The van der Waals surface area contributed by atoms with E-state index in [1.165, 1.54) is 116 Å². The van der Waals surface area contributed by atoms with E-state index in [0.29, 0.717) is 11.5 Å². The first-order chi connectivity index (χ1) is 17.0. The number of hydrogen-bond donors (Lipinski definition) is 2. The van der Waals surface area contributed by atoms with Crippen LogP contribution in [-0.2, 0) is 4.79 Å². The van der Waals surface area contributed by atoms with Gasteiger partial charge in [-0.15, -0.1) is 0 Å². The van der Waals surface area contributed by atoms with Crippen LogP contribution in [0.1, 0.15) is 129 Å². The molecule has 0 bridgehead atoms. The lowest BCUT2D eigenvalue weighted by atomic mass is 9.67. The second kappa shape index (κ2) is 17.7. The van der Waals surface area contributed by atoms with Crippen LogP contribution in [0.3, 0.4) is 0 Å². The summed E-state index contributed by atoms with van der Waals surface area (Å²) < 4.78 is 0. The summed E-state index contributed by atoms with van der Waals surface area (Å²) in [5.74, 6) is 5.80. The van der Waals surface area contributed by atoms with E-state index in [2.05, 4.69) is 13.5 Å². The molecule has 3 rings (SSSR count). The number of allylic oxidation sites excluding steroid dienone is 1. The smallest absolute Gasteiger partial charge is 0.145 e. The average Bonchev–Trinajstić information content (AvgIpc) is 2.90.